The topological polar surface area (TPSA) is 50.4 Å². The van der Waals surface area contributed by atoms with Crippen molar-refractivity contribution in [3.8, 4) is 0 Å². The molecule has 0 saturated carbocycles. The summed E-state index contributed by atoms with van der Waals surface area (Å²) in [6.45, 7) is 2.52. The highest BCUT2D eigenvalue weighted by molar-refractivity contribution is 7.97. The molecule has 128 valence electrons. The van der Waals surface area contributed by atoms with E-state index in [9.17, 15) is 13.2 Å². The number of alkyl halides is 3. The smallest absolute Gasteiger partial charge is 0.398 e. The van der Waals surface area contributed by atoms with Gasteiger partial charge in [0.1, 0.15) is 0 Å². The summed E-state index contributed by atoms with van der Waals surface area (Å²) in [5, 5.41) is 0. The lowest BCUT2D eigenvalue weighted by Crippen LogP contribution is -2.17. The van der Waals surface area contributed by atoms with Crippen LogP contribution in [0.1, 0.15) is 18.1 Å². The number of nitrogens with one attached hydrogen (secondary N) is 1. The Morgan fingerprint density at radius 3 is 2.46 bits per heavy atom. The first kappa shape index (κ1) is 18.4. The average Bonchev–Trinajstić information content (AvgIpc) is 2.54. The Kier molecular flexibility index (Phi) is 6.28. The molecule has 0 aromatic heterocycles. The first-order chi connectivity index (χ1) is 11.4. The highest BCUT2D eigenvalue weighted by atomic mass is 32.2. The van der Waals surface area contributed by atoms with Crippen molar-refractivity contribution in [1.29, 1.82) is 0 Å². The van der Waals surface area contributed by atoms with Crippen LogP contribution in [-0.4, -0.2) is 18.8 Å². The summed E-state index contributed by atoms with van der Waals surface area (Å²) >= 11 is 1.28. The number of anilines is 1. The van der Waals surface area contributed by atoms with Crippen LogP contribution in [0.3, 0.4) is 0 Å². The zero-order valence-corrected chi connectivity index (χ0v) is 13.9. The fourth-order valence-corrected chi connectivity index (χ4v) is 2.61. The van der Waals surface area contributed by atoms with E-state index in [1.54, 1.807) is 6.21 Å². The summed E-state index contributed by atoms with van der Waals surface area (Å²) in [4.78, 5) is 5.12. The lowest BCUT2D eigenvalue weighted by atomic mass is 10.2. The van der Waals surface area contributed by atoms with E-state index >= 15 is 0 Å². The predicted molar refractivity (Wildman–Crippen MR) is 93.2 cm³/mol. The molecule has 0 fully saturated rings. The minimum absolute atomic E-state index is 0.00607. The van der Waals surface area contributed by atoms with Gasteiger partial charge in [-0.25, -0.2) is 0 Å². The minimum Gasteiger partial charge on any atom is -0.398 e. The quantitative estimate of drug-likeness (QED) is 0.460. The van der Waals surface area contributed by atoms with Crippen LogP contribution >= 0.6 is 11.9 Å². The van der Waals surface area contributed by atoms with Gasteiger partial charge in [0.05, 0.1) is 11.6 Å². The number of nitrogens with zero attached hydrogens (tertiary/aromatic N) is 1. The molecule has 2 aromatic rings. The molecule has 0 aliphatic carbocycles. The number of rotatable bonds is 6. The number of benzene rings is 2. The monoisotopic (exact) mass is 353 g/mol. The molecule has 0 spiro atoms. The van der Waals surface area contributed by atoms with Gasteiger partial charge in [-0.05, 0) is 49.2 Å². The highest BCUT2D eigenvalue weighted by Crippen LogP contribution is 2.30. The van der Waals surface area contributed by atoms with E-state index in [2.05, 4.69) is 9.71 Å². The van der Waals surface area contributed by atoms with E-state index in [1.807, 2.05) is 31.2 Å². The summed E-state index contributed by atoms with van der Waals surface area (Å²) < 4.78 is 40.6. The highest BCUT2D eigenvalue weighted by Gasteiger charge is 2.29. The summed E-state index contributed by atoms with van der Waals surface area (Å²) in [6, 6.07) is 12.5. The molecule has 0 radical (unpaired) electrons. The summed E-state index contributed by atoms with van der Waals surface area (Å²) in [5.74, 6) is 0. The summed E-state index contributed by atoms with van der Waals surface area (Å²) in [6.07, 6.45) is -2.58. The maximum Gasteiger partial charge on any atom is 0.416 e. The zero-order chi connectivity index (χ0) is 17.6. The molecule has 24 heavy (non-hydrogen) atoms. The molecular weight excluding hydrogens is 335 g/mol. The second kappa shape index (κ2) is 8.21. The molecule has 0 aliphatic rings. The normalized spacial score (nSPS) is 13.3. The van der Waals surface area contributed by atoms with Crippen LogP contribution in [0.15, 0.2) is 58.4 Å². The number of nitrogen functional groups attached to an aromatic ring is 1. The maximum absolute atomic E-state index is 12.5. The van der Waals surface area contributed by atoms with Gasteiger partial charge in [-0.3, -0.25) is 9.71 Å². The van der Waals surface area contributed by atoms with E-state index in [1.165, 1.54) is 24.1 Å². The maximum atomic E-state index is 12.5. The first-order valence-electron chi connectivity index (χ1n) is 7.31. The van der Waals surface area contributed by atoms with Gasteiger partial charge in [-0.1, -0.05) is 18.2 Å². The van der Waals surface area contributed by atoms with Crippen molar-refractivity contribution < 1.29 is 13.2 Å². The lowest BCUT2D eigenvalue weighted by Gasteiger charge is -2.09. The molecule has 2 aromatic carbocycles. The van der Waals surface area contributed by atoms with Gasteiger partial charge in [0.2, 0.25) is 0 Å². The summed E-state index contributed by atoms with van der Waals surface area (Å²) in [5.41, 5.74) is 6.71. The van der Waals surface area contributed by atoms with E-state index in [4.69, 9.17) is 5.73 Å². The molecule has 1 unspecified atom stereocenters. The van der Waals surface area contributed by atoms with Crippen molar-refractivity contribution in [2.45, 2.75) is 24.0 Å². The molecular formula is C17H18F3N3S. The predicted octanol–water partition coefficient (Wildman–Crippen LogP) is 4.39. The Bertz CT molecular complexity index is 684. The Labute approximate surface area is 143 Å². The SMILES string of the molecule is CC(CNSc1ccc(C(F)(F)F)cc1)N=Cc1ccccc1N. The van der Waals surface area contributed by atoms with Crippen LogP contribution in [0.25, 0.3) is 0 Å². The van der Waals surface area contributed by atoms with Crippen molar-refractivity contribution >= 4 is 23.8 Å². The van der Waals surface area contributed by atoms with Crippen molar-refractivity contribution in [1.82, 2.24) is 4.72 Å². The standard InChI is InChI=1S/C17H18F3N3S/c1-12(22-11-13-4-2-3-5-16(13)21)10-23-24-15-8-6-14(7-9-15)17(18,19)20/h2-9,11-12,23H,10,21H2,1H3. The van der Waals surface area contributed by atoms with E-state index in [0.29, 0.717) is 17.1 Å². The third-order valence-corrected chi connectivity index (χ3v) is 4.03. The van der Waals surface area contributed by atoms with Crippen LogP contribution in [0.5, 0.6) is 0 Å². The minimum atomic E-state index is -4.31. The Balaban J connectivity index is 1.80. The van der Waals surface area contributed by atoms with Gasteiger partial charge < -0.3 is 5.73 Å². The molecule has 3 nitrogen and oxygen atoms in total. The number of nitrogens with two attached hydrogens (primary N) is 1. The summed E-state index contributed by atoms with van der Waals surface area (Å²) in [7, 11) is 0. The molecule has 0 heterocycles. The lowest BCUT2D eigenvalue weighted by molar-refractivity contribution is -0.137. The number of hydrogen-bond acceptors (Lipinski definition) is 4. The second-order valence-corrected chi connectivity index (χ2v) is 6.19. The molecule has 3 N–H and O–H groups in total. The number of para-hydroxylation sites is 1. The third-order valence-electron chi connectivity index (χ3n) is 3.21. The van der Waals surface area contributed by atoms with Crippen LogP contribution < -0.4 is 10.5 Å². The van der Waals surface area contributed by atoms with Crippen molar-refractivity contribution in [2.75, 3.05) is 12.3 Å². The van der Waals surface area contributed by atoms with Gasteiger partial charge in [-0.2, -0.15) is 13.2 Å². The second-order valence-electron chi connectivity index (χ2n) is 5.23. The molecule has 0 saturated heterocycles. The third kappa shape index (κ3) is 5.58. The van der Waals surface area contributed by atoms with Crippen LogP contribution in [0.4, 0.5) is 18.9 Å². The van der Waals surface area contributed by atoms with Crippen LogP contribution in [-0.2, 0) is 6.18 Å². The Hall–Kier alpha value is -1.99. The van der Waals surface area contributed by atoms with Gasteiger partial charge in [0.25, 0.3) is 0 Å². The van der Waals surface area contributed by atoms with Crippen LogP contribution in [0.2, 0.25) is 0 Å². The van der Waals surface area contributed by atoms with E-state index < -0.39 is 11.7 Å². The first-order valence-corrected chi connectivity index (χ1v) is 8.12. The fraction of sp³-hybridized carbons (Fsp3) is 0.235. The number of hydrogen-bond donors (Lipinski definition) is 2. The van der Waals surface area contributed by atoms with E-state index in [-0.39, 0.29) is 6.04 Å². The molecule has 0 amide bonds. The van der Waals surface area contributed by atoms with E-state index in [0.717, 1.165) is 17.7 Å². The van der Waals surface area contributed by atoms with Gasteiger partial charge >= 0.3 is 6.18 Å². The van der Waals surface area contributed by atoms with Crippen molar-refractivity contribution in [2.24, 2.45) is 4.99 Å². The van der Waals surface area contributed by atoms with Crippen LogP contribution in [0, 0.1) is 0 Å². The Morgan fingerprint density at radius 2 is 1.83 bits per heavy atom. The zero-order valence-electron chi connectivity index (χ0n) is 13.0. The molecule has 2 rings (SSSR count). The molecule has 1 atom stereocenters. The molecule has 0 bridgehead atoms. The van der Waals surface area contributed by atoms with Crippen molar-refractivity contribution in [3.63, 3.8) is 0 Å². The Morgan fingerprint density at radius 1 is 1.17 bits per heavy atom. The average molecular weight is 353 g/mol. The van der Waals surface area contributed by atoms with Crippen molar-refractivity contribution in [3.05, 3.63) is 59.7 Å². The van der Waals surface area contributed by atoms with Gasteiger partial charge in [0, 0.05) is 28.9 Å². The number of halogens is 3. The number of aliphatic imine (C=N–C) groups is 1. The fourth-order valence-electron chi connectivity index (χ4n) is 1.85. The molecule has 7 heteroatoms. The van der Waals surface area contributed by atoms with Gasteiger partial charge in [-0.15, -0.1) is 0 Å². The molecule has 0 aliphatic heterocycles. The largest absolute Gasteiger partial charge is 0.416 e. The van der Waals surface area contributed by atoms with Gasteiger partial charge in [0.15, 0.2) is 0 Å².